The Morgan fingerprint density at radius 3 is 2.70 bits per heavy atom. The lowest BCUT2D eigenvalue weighted by molar-refractivity contribution is 0.108. The van der Waals surface area contributed by atoms with E-state index in [2.05, 4.69) is 31.4 Å². The molecule has 236 valence electrons. The van der Waals surface area contributed by atoms with Crippen LogP contribution >= 0.6 is 11.6 Å². The Hall–Kier alpha value is -3.86. The molecule has 0 radical (unpaired) electrons. The van der Waals surface area contributed by atoms with Crippen LogP contribution in [0.25, 0.3) is 32.9 Å². The van der Waals surface area contributed by atoms with Crippen LogP contribution in [0.15, 0.2) is 55.0 Å². The van der Waals surface area contributed by atoms with Gasteiger partial charge in [-0.25, -0.2) is 4.39 Å². The zero-order valence-electron chi connectivity index (χ0n) is 25.8. The van der Waals surface area contributed by atoms with Gasteiger partial charge in [0.05, 0.1) is 17.1 Å². The number of aryl methyl sites for hydroxylation is 1. The number of hydrogen-bond donors (Lipinski definition) is 1. The first kappa shape index (κ1) is 28.4. The van der Waals surface area contributed by atoms with E-state index in [0.717, 1.165) is 69.1 Å². The van der Waals surface area contributed by atoms with Crippen molar-refractivity contribution < 1.29 is 9.13 Å². The minimum absolute atomic E-state index is 0.102. The van der Waals surface area contributed by atoms with Gasteiger partial charge in [0.15, 0.2) is 5.82 Å². The van der Waals surface area contributed by atoms with Crippen LogP contribution in [0.1, 0.15) is 43.6 Å². The number of ether oxygens (including phenoxy) is 1. The first-order chi connectivity index (χ1) is 22.4. The van der Waals surface area contributed by atoms with Crippen molar-refractivity contribution in [1.29, 1.82) is 0 Å². The first-order valence-electron chi connectivity index (χ1n) is 16.4. The Kier molecular flexibility index (Phi) is 6.70. The average Bonchev–Trinajstić information content (AvgIpc) is 3.83. The molecular weight excluding hydrogens is 603 g/mol. The van der Waals surface area contributed by atoms with Crippen LogP contribution in [0.5, 0.6) is 6.01 Å². The highest BCUT2D eigenvalue weighted by atomic mass is 35.5. The van der Waals surface area contributed by atoms with E-state index in [0.29, 0.717) is 46.4 Å². The van der Waals surface area contributed by atoms with Gasteiger partial charge >= 0.3 is 6.01 Å². The second-order valence-corrected chi connectivity index (χ2v) is 14.0. The molecule has 0 saturated carbocycles. The molecule has 2 unspecified atom stereocenters. The molecule has 4 saturated heterocycles. The van der Waals surface area contributed by atoms with E-state index in [1.54, 1.807) is 6.20 Å². The van der Waals surface area contributed by atoms with Gasteiger partial charge in [-0.05, 0) is 55.7 Å². The Morgan fingerprint density at radius 1 is 1.07 bits per heavy atom. The molecule has 1 N–H and O–H groups in total. The number of fused-ring (bicyclic) bond motifs is 5. The summed E-state index contributed by atoms with van der Waals surface area (Å²) in [4.78, 5) is 19.3. The maximum atomic E-state index is 16.8. The van der Waals surface area contributed by atoms with Gasteiger partial charge < -0.3 is 15.0 Å². The van der Waals surface area contributed by atoms with Crippen molar-refractivity contribution in [2.24, 2.45) is 7.05 Å². The molecule has 0 spiro atoms. The molecule has 3 aromatic heterocycles. The molecule has 4 aliphatic heterocycles. The number of benzene rings is 2. The van der Waals surface area contributed by atoms with Gasteiger partial charge in [-0.1, -0.05) is 41.9 Å². The van der Waals surface area contributed by atoms with Gasteiger partial charge in [0.1, 0.15) is 23.6 Å². The van der Waals surface area contributed by atoms with E-state index in [1.165, 1.54) is 5.56 Å². The van der Waals surface area contributed by atoms with Crippen molar-refractivity contribution in [3.63, 3.8) is 0 Å². The van der Waals surface area contributed by atoms with Crippen molar-refractivity contribution in [3.05, 3.63) is 71.4 Å². The third-order valence-corrected chi connectivity index (χ3v) is 11.1. The fourth-order valence-electron chi connectivity index (χ4n) is 8.57. The first-order valence-corrected chi connectivity index (χ1v) is 16.7. The predicted molar refractivity (Wildman–Crippen MR) is 177 cm³/mol. The highest BCUT2D eigenvalue weighted by molar-refractivity contribution is 6.36. The molecule has 7 heterocycles. The van der Waals surface area contributed by atoms with E-state index in [4.69, 9.17) is 26.3 Å². The highest BCUT2D eigenvalue weighted by Crippen LogP contribution is 2.46. The molecule has 9 rings (SSSR count). The van der Waals surface area contributed by atoms with Crippen molar-refractivity contribution in [2.75, 3.05) is 37.7 Å². The number of rotatable bonds is 6. The molecule has 2 bridgehead atoms. The standard InChI is InChI=1S/C35H36ClFN8O/c1-43-16-23(14-39-43)22-13-35(11-4-12-45(35)17-22)20-46-34-41-32-27(33(42-34)44-18-24-9-10-25(19-44)40-24)15-38-31(30(32)37)26-7-2-5-21-6-3-8-28(36)29(21)26/h2-3,5-8,14-16,22,24-25,40H,4,9-13,17-20H2,1H3/t22?,24-,25+,35?. The Morgan fingerprint density at radius 2 is 1.89 bits per heavy atom. The normalized spacial score (nSPS) is 26.0. The molecule has 4 aliphatic rings. The van der Waals surface area contributed by atoms with Crippen LogP contribution in [0, 0.1) is 5.82 Å². The monoisotopic (exact) mass is 638 g/mol. The fraction of sp³-hybridized carbons (Fsp3) is 0.429. The summed E-state index contributed by atoms with van der Waals surface area (Å²) in [5.74, 6) is 0.600. The Labute approximate surface area is 271 Å². The number of halogens is 2. The number of hydrogen-bond acceptors (Lipinski definition) is 8. The number of nitrogens with one attached hydrogen (secondary N) is 1. The summed E-state index contributed by atoms with van der Waals surface area (Å²) in [6, 6.07) is 12.4. The number of aromatic nitrogens is 5. The molecule has 5 aromatic rings. The van der Waals surface area contributed by atoms with E-state index >= 15 is 4.39 Å². The lowest BCUT2D eigenvalue weighted by Gasteiger charge is -2.34. The zero-order chi connectivity index (χ0) is 31.0. The lowest BCUT2D eigenvalue weighted by Crippen LogP contribution is -2.51. The van der Waals surface area contributed by atoms with Crippen LogP contribution in [0.3, 0.4) is 0 Å². The van der Waals surface area contributed by atoms with Crippen molar-refractivity contribution in [2.45, 2.75) is 55.6 Å². The third kappa shape index (κ3) is 4.64. The SMILES string of the molecule is Cn1cc(C2CN3CCCC3(COc3nc(N4C[C@H]5CC[C@@H](C4)N5)c4cnc(-c5cccc6cccc(Cl)c56)c(F)c4n3)C2)cn1. The molecule has 4 atom stereocenters. The van der Waals surface area contributed by atoms with E-state index in [1.807, 2.05) is 54.3 Å². The predicted octanol–water partition coefficient (Wildman–Crippen LogP) is 5.71. The van der Waals surface area contributed by atoms with Crippen LogP contribution < -0.4 is 15.0 Å². The fourth-order valence-corrected chi connectivity index (χ4v) is 8.86. The molecule has 9 nitrogen and oxygen atoms in total. The minimum Gasteiger partial charge on any atom is -0.461 e. The maximum Gasteiger partial charge on any atom is 0.319 e. The average molecular weight is 639 g/mol. The van der Waals surface area contributed by atoms with Crippen molar-refractivity contribution in [3.8, 4) is 17.3 Å². The highest BCUT2D eigenvalue weighted by Gasteiger charge is 2.49. The smallest absolute Gasteiger partial charge is 0.319 e. The second-order valence-electron chi connectivity index (χ2n) is 13.6. The zero-order valence-corrected chi connectivity index (χ0v) is 26.5. The van der Waals surface area contributed by atoms with E-state index < -0.39 is 5.82 Å². The number of pyridine rings is 1. The topological polar surface area (TPSA) is 84.2 Å². The Balaban J connectivity index is 1.12. The van der Waals surface area contributed by atoms with Gasteiger partial charge in [0.2, 0.25) is 0 Å². The summed E-state index contributed by atoms with van der Waals surface area (Å²) in [5, 5.41) is 11.0. The number of piperazine rings is 1. The summed E-state index contributed by atoms with van der Waals surface area (Å²) in [6.07, 6.45) is 11.3. The van der Waals surface area contributed by atoms with Gasteiger partial charge in [0, 0.05) is 73.0 Å². The Bertz CT molecular complexity index is 1970. The molecular formula is C35H36ClFN8O. The van der Waals surface area contributed by atoms with Crippen molar-refractivity contribution >= 4 is 39.1 Å². The summed E-state index contributed by atoms with van der Waals surface area (Å²) >= 11 is 6.65. The van der Waals surface area contributed by atoms with Gasteiger partial charge in [-0.3, -0.25) is 14.6 Å². The third-order valence-electron chi connectivity index (χ3n) is 10.7. The molecule has 4 fully saturated rings. The number of anilines is 1. The van der Waals surface area contributed by atoms with Gasteiger partial charge in [0.25, 0.3) is 0 Å². The molecule has 2 aromatic carbocycles. The van der Waals surface area contributed by atoms with Gasteiger partial charge in [-0.15, -0.1) is 0 Å². The molecule has 11 heteroatoms. The summed E-state index contributed by atoms with van der Waals surface area (Å²) in [5.41, 5.74) is 2.25. The van der Waals surface area contributed by atoms with E-state index in [-0.39, 0.29) is 22.8 Å². The largest absolute Gasteiger partial charge is 0.461 e. The summed E-state index contributed by atoms with van der Waals surface area (Å²) < 4.78 is 25.2. The van der Waals surface area contributed by atoms with Crippen LogP contribution in [-0.4, -0.2) is 80.0 Å². The maximum absolute atomic E-state index is 16.8. The molecule has 0 amide bonds. The molecule has 0 aliphatic carbocycles. The quantitative estimate of drug-likeness (QED) is 0.253. The van der Waals surface area contributed by atoms with Gasteiger partial charge in [-0.2, -0.15) is 15.1 Å². The minimum atomic E-state index is -0.491. The van der Waals surface area contributed by atoms with Crippen LogP contribution in [-0.2, 0) is 7.05 Å². The van der Waals surface area contributed by atoms with Crippen molar-refractivity contribution in [1.82, 2.24) is 34.9 Å². The summed E-state index contributed by atoms with van der Waals surface area (Å²) in [6.45, 7) is 4.09. The second kappa shape index (κ2) is 10.9. The summed E-state index contributed by atoms with van der Waals surface area (Å²) in [7, 11) is 1.96. The lowest BCUT2D eigenvalue weighted by atomic mass is 9.88. The molecule has 46 heavy (non-hydrogen) atoms. The number of nitrogens with zero attached hydrogens (tertiary/aromatic N) is 7. The van der Waals surface area contributed by atoms with Crippen LogP contribution in [0.2, 0.25) is 5.02 Å². The van der Waals surface area contributed by atoms with Crippen LogP contribution in [0.4, 0.5) is 10.2 Å². The van der Waals surface area contributed by atoms with E-state index in [9.17, 15) is 0 Å².